The Morgan fingerprint density at radius 1 is 1.24 bits per heavy atom. The summed E-state index contributed by atoms with van der Waals surface area (Å²) in [4.78, 5) is 10.7. The van der Waals surface area contributed by atoms with Gasteiger partial charge in [0.2, 0.25) is 0 Å². The topological polar surface area (TPSA) is 63.3 Å². The number of aliphatic carboxylic acids is 1. The van der Waals surface area contributed by atoms with Crippen molar-refractivity contribution in [3.63, 3.8) is 0 Å². The molecule has 0 aliphatic rings. The molecule has 0 radical (unpaired) electrons. The van der Waals surface area contributed by atoms with Gasteiger partial charge in [-0.25, -0.2) is 0 Å². The van der Waals surface area contributed by atoms with Crippen LogP contribution in [-0.2, 0) is 11.2 Å². The van der Waals surface area contributed by atoms with Crippen molar-refractivity contribution in [2.75, 3.05) is 0 Å². The van der Waals surface area contributed by atoms with Gasteiger partial charge in [0.25, 0.3) is 0 Å². The predicted molar refractivity (Wildman–Crippen MR) is 64.4 cm³/mol. The van der Waals surface area contributed by atoms with Crippen LogP contribution in [0.3, 0.4) is 0 Å². The zero-order valence-electron chi connectivity index (χ0n) is 10.8. The Morgan fingerprint density at radius 3 is 2.59 bits per heavy atom. The third-order valence-corrected chi connectivity index (χ3v) is 2.64. The number of rotatable bonds is 3. The predicted octanol–water partition coefficient (Wildman–Crippen LogP) is -1.09. The molecule has 0 aromatic heterocycles. The van der Waals surface area contributed by atoms with E-state index >= 15 is 0 Å². The van der Waals surface area contributed by atoms with Gasteiger partial charge in [0.15, 0.2) is 0 Å². The second-order valence-corrected chi connectivity index (χ2v) is 3.79. The number of hydrogen-bond acceptors (Lipinski definition) is 2. The molecule has 2 aromatic carbocycles. The number of carbonyl (C=O) groups is 1. The van der Waals surface area contributed by atoms with Crippen LogP contribution in [0.2, 0.25) is 0 Å². The van der Waals surface area contributed by atoms with Gasteiger partial charge >= 0.3 is 35.5 Å². The summed E-state index contributed by atoms with van der Waals surface area (Å²) < 4.78 is 0. The monoisotopic (exact) mass is 239 g/mol. The maximum absolute atomic E-state index is 10.7. The fourth-order valence-electron chi connectivity index (χ4n) is 1.79. The first-order valence-electron chi connectivity index (χ1n) is 5.13. The van der Waals surface area contributed by atoms with E-state index in [4.69, 9.17) is 10.8 Å². The zero-order valence-corrected chi connectivity index (χ0v) is 11.8. The maximum atomic E-state index is 10.7. The molecule has 2 rings (SSSR count). The van der Waals surface area contributed by atoms with Gasteiger partial charge in [0, 0.05) is 0 Å². The molecule has 0 spiro atoms. The molecule has 0 heterocycles. The first kappa shape index (κ1) is 14.2. The molecule has 0 unspecified atom stereocenters. The molecule has 4 heteroatoms. The van der Waals surface area contributed by atoms with Crippen LogP contribution in [0.5, 0.6) is 0 Å². The smallest absolute Gasteiger partial charge is 1.00 e. The number of fused-ring (bicyclic) bond motifs is 1. The molecule has 0 bridgehead atoms. The van der Waals surface area contributed by atoms with Crippen molar-refractivity contribution in [3.05, 3.63) is 48.0 Å². The molecule has 3 N–H and O–H groups in total. The molecule has 2 aromatic rings. The first-order chi connectivity index (χ1) is 7.68. The van der Waals surface area contributed by atoms with Gasteiger partial charge in [-0.3, -0.25) is 4.79 Å². The van der Waals surface area contributed by atoms with E-state index in [-0.39, 0.29) is 31.0 Å². The average molecular weight is 239 g/mol. The number of nitrogens with two attached hydrogens (primary N) is 1. The van der Waals surface area contributed by atoms with E-state index in [1.165, 1.54) is 0 Å². The van der Waals surface area contributed by atoms with Crippen molar-refractivity contribution < 1.29 is 40.9 Å². The van der Waals surface area contributed by atoms with E-state index in [2.05, 4.69) is 0 Å². The Labute approximate surface area is 123 Å². The Hall–Kier alpha value is -0.870. The quantitative estimate of drug-likeness (QED) is 0.669. The van der Waals surface area contributed by atoms with Gasteiger partial charge in [0.05, 0.1) is 0 Å². The molecular formula is C13H14NNaO2. The minimum Gasteiger partial charge on any atom is -1.00 e. The summed E-state index contributed by atoms with van der Waals surface area (Å²) in [5.74, 6) is -0.965. The summed E-state index contributed by atoms with van der Waals surface area (Å²) in [6.45, 7) is 0. The van der Waals surface area contributed by atoms with E-state index in [0.29, 0.717) is 6.42 Å². The van der Waals surface area contributed by atoms with Gasteiger partial charge in [-0.15, -0.1) is 0 Å². The molecule has 0 aliphatic heterocycles. The van der Waals surface area contributed by atoms with Crippen LogP contribution in [0.25, 0.3) is 10.8 Å². The van der Waals surface area contributed by atoms with Gasteiger partial charge in [-0.05, 0) is 22.8 Å². The molecule has 17 heavy (non-hydrogen) atoms. The molecule has 0 amide bonds. The van der Waals surface area contributed by atoms with Crippen LogP contribution in [0, 0.1) is 0 Å². The van der Waals surface area contributed by atoms with Crippen LogP contribution < -0.4 is 35.3 Å². The normalized spacial score (nSPS) is 11.8. The van der Waals surface area contributed by atoms with E-state index in [9.17, 15) is 4.79 Å². The SMILES string of the molecule is N[C@@H](Cc1cccc2ccccc12)C(=O)O.[H-].[Na+]. The second-order valence-electron chi connectivity index (χ2n) is 3.79. The van der Waals surface area contributed by atoms with E-state index in [1.54, 1.807) is 0 Å². The Kier molecular flexibility index (Phi) is 5.15. The first-order valence-corrected chi connectivity index (χ1v) is 5.13. The van der Waals surface area contributed by atoms with E-state index in [0.717, 1.165) is 16.3 Å². The minimum atomic E-state index is -0.965. The summed E-state index contributed by atoms with van der Waals surface area (Å²) in [6.07, 6.45) is 0.358. The standard InChI is InChI=1S/C13H13NO2.Na.H/c14-12(13(15)16)8-10-6-3-5-9-4-1-2-7-11(9)10;;/h1-7,12H,8,14H2,(H,15,16);;/q;+1;-1/t12-;;/m0../s1. The number of benzene rings is 2. The number of carboxylic acid groups (broad SMARTS) is 1. The average Bonchev–Trinajstić information content (AvgIpc) is 2.29. The Bertz CT molecular complexity index is 528. The van der Waals surface area contributed by atoms with Gasteiger partial charge in [0.1, 0.15) is 6.04 Å². The zero-order chi connectivity index (χ0) is 11.5. The molecule has 0 aliphatic carbocycles. The third kappa shape index (κ3) is 3.30. The van der Waals surface area contributed by atoms with E-state index in [1.807, 2.05) is 42.5 Å². The second kappa shape index (κ2) is 6.17. The molecule has 84 valence electrons. The molecule has 0 saturated carbocycles. The van der Waals surface area contributed by atoms with Gasteiger partial charge < -0.3 is 12.3 Å². The summed E-state index contributed by atoms with van der Waals surface area (Å²) in [5.41, 5.74) is 6.52. The van der Waals surface area contributed by atoms with Crippen LogP contribution in [0.1, 0.15) is 6.99 Å². The van der Waals surface area contributed by atoms with Crippen molar-refractivity contribution in [2.24, 2.45) is 5.73 Å². The Morgan fingerprint density at radius 2 is 1.88 bits per heavy atom. The minimum absolute atomic E-state index is 0. The summed E-state index contributed by atoms with van der Waals surface area (Å²) in [7, 11) is 0. The summed E-state index contributed by atoms with van der Waals surface area (Å²) in [6, 6.07) is 12.9. The van der Waals surface area contributed by atoms with Crippen LogP contribution in [0.15, 0.2) is 42.5 Å². The van der Waals surface area contributed by atoms with Crippen LogP contribution in [-0.4, -0.2) is 17.1 Å². The van der Waals surface area contributed by atoms with Crippen LogP contribution in [0.4, 0.5) is 0 Å². The van der Waals surface area contributed by atoms with Crippen molar-refractivity contribution in [1.29, 1.82) is 0 Å². The largest absolute Gasteiger partial charge is 1.00 e. The fourth-order valence-corrected chi connectivity index (χ4v) is 1.79. The van der Waals surface area contributed by atoms with Crippen molar-refractivity contribution in [1.82, 2.24) is 0 Å². The Balaban J connectivity index is 0.00000144. The van der Waals surface area contributed by atoms with Crippen molar-refractivity contribution in [3.8, 4) is 0 Å². The fraction of sp³-hybridized carbons (Fsp3) is 0.154. The van der Waals surface area contributed by atoms with Crippen molar-refractivity contribution >= 4 is 16.7 Å². The molecule has 0 saturated heterocycles. The molecule has 3 nitrogen and oxygen atoms in total. The maximum Gasteiger partial charge on any atom is 1.00 e. The van der Waals surface area contributed by atoms with Gasteiger partial charge in [-0.2, -0.15) is 0 Å². The number of hydrogen-bond donors (Lipinski definition) is 2. The molecule has 0 fully saturated rings. The summed E-state index contributed by atoms with van der Waals surface area (Å²) >= 11 is 0. The van der Waals surface area contributed by atoms with Gasteiger partial charge in [-0.1, -0.05) is 42.5 Å². The van der Waals surface area contributed by atoms with E-state index < -0.39 is 12.0 Å². The summed E-state index contributed by atoms with van der Waals surface area (Å²) in [5, 5.41) is 11.0. The van der Waals surface area contributed by atoms with Crippen molar-refractivity contribution in [2.45, 2.75) is 12.5 Å². The van der Waals surface area contributed by atoms with Crippen LogP contribution >= 0.6 is 0 Å². The third-order valence-electron chi connectivity index (χ3n) is 2.64. The molecular weight excluding hydrogens is 225 g/mol. The molecule has 1 atom stereocenters. The number of carboxylic acids is 1.